The zero-order valence-electron chi connectivity index (χ0n) is 20.5. The number of amides is 2. The number of hydrogen-bond acceptors (Lipinski definition) is 7. The second kappa shape index (κ2) is 10.6. The Morgan fingerprint density at radius 1 is 1.16 bits per heavy atom. The number of hydrogen-bond donors (Lipinski definition) is 2. The van der Waals surface area contributed by atoms with Gasteiger partial charge in [0.05, 0.1) is 13.1 Å². The Labute approximate surface area is 214 Å². The van der Waals surface area contributed by atoms with E-state index in [1.807, 2.05) is 24.3 Å². The minimum atomic E-state index is -3.77. The molecule has 2 amide bonds. The first-order chi connectivity index (χ1) is 17.6. The first-order valence-electron chi connectivity index (χ1n) is 11.6. The third-order valence-corrected chi connectivity index (χ3v) is 7.17. The molecular formula is C26H27FN4O5S. The number of anilines is 1. The minimum Gasteiger partial charge on any atom is -0.491 e. The van der Waals surface area contributed by atoms with Crippen molar-refractivity contribution >= 4 is 27.5 Å². The fraction of sp³-hybridized carbons (Fsp3) is 0.269. The highest BCUT2D eigenvalue weighted by Gasteiger charge is 2.27. The molecule has 0 atom stereocenters. The molecule has 9 nitrogen and oxygen atoms in total. The Morgan fingerprint density at radius 3 is 2.57 bits per heavy atom. The van der Waals surface area contributed by atoms with Crippen LogP contribution < -0.4 is 15.8 Å². The van der Waals surface area contributed by atoms with Crippen LogP contribution in [0.4, 0.5) is 10.2 Å². The van der Waals surface area contributed by atoms with Crippen molar-refractivity contribution in [2.45, 2.75) is 24.8 Å². The third kappa shape index (κ3) is 5.72. The van der Waals surface area contributed by atoms with Crippen molar-refractivity contribution < 1.29 is 27.1 Å². The topological polar surface area (TPSA) is 132 Å². The number of sulfone groups is 1. The molecule has 0 fully saturated rings. The van der Waals surface area contributed by atoms with Crippen LogP contribution in [0.3, 0.4) is 0 Å². The predicted octanol–water partition coefficient (Wildman–Crippen LogP) is 2.79. The van der Waals surface area contributed by atoms with Gasteiger partial charge in [-0.05, 0) is 48.4 Å². The molecule has 0 bridgehead atoms. The largest absolute Gasteiger partial charge is 0.491 e. The standard InChI is InChI=1S/C26H27FN4O5S/c1-3-19-20(6-8-22(25(19)27)37(2,34)35)26(33)31-10-11-36-21-7-4-16(12-18(21)15-31)17-5-9-24(29-13-17)30-14-23(28)32/h4-9,12-13H,3,10-11,14-15H2,1-2H3,(H2,28,32)(H,29,30). The number of nitrogens with one attached hydrogen (secondary N) is 1. The van der Waals surface area contributed by atoms with Crippen molar-refractivity contribution in [2.24, 2.45) is 5.73 Å². The molecule has 194 valence electrons. The number of nitrogens with two attached hydrogens (primary N) is 1. The molecule has 0 unspecified atom stereocenters. The van der Waals surface area contributed by atoms with Crippen molar-refractivity contribution in [1.82, 2.24) is 9.88 Å². The van der Waals surface area contributed by atoms with Gasteiger partial charge in [-0.3, -0.25) is 9.59 Å². The zero-order valence-corrected chi connectivity index (χ0v) is 21.3. The van der Waals surface area contributed by atoms with Crippen molar-refractivity contribution in [2.75, 3.05) is 31.3 Å². The van der Waals surface area contributed by atoms with Gasteiger partial charge in [-0.15, -0.1) is 0 Å². The quantitative estimate of drug-likeness (QED) is 0.484. The number of carbonyl (C=O) groups excluding carboxylic acids is 2. The Morgan fingerprint density at radius 2 is 1.92 bits per heavy atom. The van der Waals surface area contributed by atoms with Crippen LogP contribution in [-0.2, 0) is 27.6 Å². The van der Waals surface area contributed by atoms with E-state index in [1.165, 1.54) is 6.07 Å². The van der Waals surface area contributed by atoms with Crippen LogP contribution in [0, 0.1) is 5.82 Å². The minimum absolute atomic E-state index is 0.0208. The normalized spacial score (nSPS) is 13.3. The Kier molecular flexibility index (Phi) is 7.44. The zero-order chi connectivity index (χ0) is 26.7. The highest BCUT2D eigenvalue weighted by molar-refractivity contribution is 7.90. The molecule has 2 aromatic carbocycles. The molecule has 0 aliphatic carbocycles. The van der Waals surface area contributed by atoms with Gasteiger partial charge in [0, 0.05) is 41.3 Å². The number of ether oxygens (including phenoxy) is 1. The van der Waals surface area contributed by atoms with Crippen LogP contribution >= 0.6 is 0 Å². The van der Waals surface area contributed by atoms with Gasteiger partial charge in [0.1, 0.15) is 28.9 Å². The predicted molar refractivity (Wildman–Crippen MR) is 136 cm³/mol. The van der Waals surface area contributed by atoms with E-state index in [-0.39, 0.29) is 43.8 Å². The second-order valence-electron chi connectivity index (χ2n) is 8.68. The molecule has 0 saturated carbocycles. The van der Waals surface area contributed by atoms with Crippen LogP contribution in [0.25, 0.3) is 11.1 Å². The van der Waals surface area contributed by atoms with E-state index in [0.717, 1.165) is 29.0 Å². The van der Waals surface area contributed by atoms with Crippen molar-refractivity contribution in [3.8, 4) is 16.9 Å². The van der Waals surface area contributed by atoms with E-state index >= 15 is 4.39 Å². The number of halogens is 1. The highest BCUT2D eigenvalue weighted by atomic mass is 32.2. The van der Waals surface area contributed by atoms with E-state index in [9.17, 15) is 18.0 Å². The Hall–Kier alpha value is -3.99. The molecule has 2 heterocycles. The Balaban J connectivity index is 1.60. The van der Waals surface area contributed by atoms with Gasteiger partial charge in [0.2, 0.25) is 5.91 Å². The molecule has 1 aromatic heterocycles. The van der Waals surface area contributed by atoms with E-state index in [2.05, 4.69) is 10.3 Å². The van der Waals surface area contributed by atoms with E-state index < -0.39 is 32.4 Å². The fourth-order valence-electron chi connectivity index (χ4n) is 4.20. The van der Waals surface area contributed by atoms with Crippen LogP contribution in [-0.4, -0.2) is 56.1 Å². The summed E-state index contributed by atoms with van der Waals surface area (Å²) in [5, 5.41) is 2.83. The lowest BCUT2D eigenvalue weighted by Crippen LogP contribution is -2.33. The van der Waals surface area contributed by atoms with Crippen molar-refractivity contribution in [3.05, 3.63) is 71.2 Å². The van der Waals surface area contributed by atoms with E-state index in [4.69, 9.17) is 10.5 Å². The summed E-state index contributed by atoms with van der Waals surface area (Å²) in [5.74, 6) is -0.620. The van der Waals surface area contributed by atoms with Gasteiger partial charge in [0.15, 0.2) is 9.84 Å². The number of rotatable bonds is 7. The summed E-state index contributed by atoms with van der Waals surface area (Å²) in [5.41, 5.74) is 7.79. The summed E-state index contributed by atoms with van der Waals surface area (Å²) in [6.45, 7) is 2.42. The monoisotopic (exact) mass is 526 g/mol. The third-order valence-electron chi connectivity index (χ3n) is 6.06. The van der Waals surface area contributed by atoms with Crippen molar-refractivity contribution in [1.29, 1.82) is 0 Å². The van der Waals surface area contributed by atoms with Gasteiger partial charge in [-0.25, -0.2) is 17.8 Å². The maximum Gasteiger partial charge on any atom is 0.254 e. The smallest absolute Gasteiger partial charge is 0.254 e. The van der Waals surface area contributed by atoms with Gasteiger partial charge in [0.25, 0.3) is 5.91 Å². The molecule has 3 N–H and O–H groups in total. The first-order valence-corrected chi connectivity index (χ1v) is 13.5. The summed E-state index contributed by atoms with van der Waals surface area (Å²) in [7, 11) is -3.77. The molecule has 37 heavy (non-hydrogen) atoms. The molecule has 11 heteroatoms. The maximum absolute atomic E-state index is 15.0. The molecule has 3 aromatic rings. The van der Waals surface area contributed by atoms with Gasteiger partial charge < -0.3 is 20.7 Å². The van der Waals surface area contributed by atoms with Gasteiger partial charge >= 0.3 is 0 Å². The number of carbonyl (C=O) groups is 2. The average Bonchev–Trinajstić information content (AvgIpc) is 3.08. The Bertz CT molecular complexity index is 1460. The fourth-order valence-corrected chi connectivity index (χ4v) is 4.96. The molecule has 0 spiro atoms. The van der Waals surface area contributed by atoms with Crippen LogP contribution in [0.1, 0.15) is 28.4 Å². The second-order valence-corrected chi connectivity index (χ2v) is 10.7. The number of pyridine rings is 1. The number of primary amides is 1. The summed E-state index contributed by atoms with van der Waals surface area (Å²) < 4.78 is 44.8. The van der Waals surface area contributed by atoms with E-state index in [0.29, 0.717) is 11.6 Å². The molecular weight excluding hydrogens is 499 g/mol. The first kappa shape index (κ1) is 26.1. The maximum atomic E-state index is 15.0. The lowest BCUT2D eigenvalue weighted by atomic mass is 10.0. The molecule has 0 radical (unpaired) electrons. The molecule has 0 saturated heterocycles. The van der Waals surface area contributed by atoms with Crippen LogP contribution in [0.2, 0.25) is 0 Å². The molecule has 1 aliphatic heterocycles. The number of aromatic nitrogens is 1. The molecule has 1 aliphatic rings. The molecule has 4 rings (SSSR count). The highest BCUT2D eigenvalue weighted by Crippen LogP contribution is 2.31. The van der Waals surface area contributed by atoms with Gasteiger partial charge in [-0.1, -0.05) is 13.0 Å². The van der Waals surface area contributed by atoms with Crippen LogP contribution in [0.15, 0.2) is 53.6 Å². The SMILES string of the molecule is CCc1c(C(=O)N2CCOc3ccc(-c4ccc(NCC(N)=O)nc4)cc3C2)ccc(S(C)(=O)=O)c1F. The van der Waals surface area contributed by atoms with Crippen molar-refractivity contribution in [3.63, 3.8) is 0 Å². The van der Waals surface area contributed by atoms with Gasteiger partial charge in [-0.2, -0.15) is 0 Å². The summed E-state index contributed by atoms with van der Waals surface area (Å²) >= 11 is 0. The van der Waals surface area contributed by atoms with Crippen LogP contribution in [0.5, 0.6) is 5.75 Å². The lowest BCUT2D eigenvalue weighted by Gasteiger charge is -2.22. The summed E-state index contributed by atoms with van der Waals surface area (Å²) in [6, 6.07) is 11.7. The number of nitrogens with zero attached hydrogens (tertiary/aromatic N) is 2. The lowest BCUT2D eigenvalue weighted by molar-refractivity contribution is -0.116. The number of fused-ring (bicyclic) bond motifs is 1. The average molecular weight is 527 g/mol. The number of benzene rings is 2. The van der Waals surface area contributed by atoms with E-state index in [1.54, 1.807) is 24.1 Å². The summed E-state index contributed by atoms with van der Waals surface area (Å²) in [6.07, 6.45) is 2.76. The summed E-state index contributed by atoms with van der Waals surface area (Å²) in [4.78, 5) is 29.9.